The molecule has 1 aliphatic heterocycles. The summed E-state index contributed by atoms with van der Waals surface area (Å²) < 4.78 is 4.64. The van der Waals surface area contributed by atoms with Crippen molar-refractivity contribution in [3.63, 3.8) is 0 Å². The van der Waals surface area contributed by atoms with E-state index >= 15 is 0 Å². The summed E-state index contributed by atoms with van der Waals surface area (Å²) in [5.41, 5.74) is 0. The zero-order valence-corrected chi connectivity index (χ0v) is 10.0. The number of imide groups is 1. The lowest BCUT2D eigenvalue weighted by Gasteiger charge is -2.26. The van der Waals surface area contributed by atoms with E-state index in [1.165, 1.54) is 4.90 Å². The number of hydrogen-bond donors (Lipinski definition) is 2. The number of nitrogens with one attached hydrogen (secondary N) is 2. The van der Waals surface area contributed by atoms with Crippen molar-refractivity contribution in [3.8, 4) is 0 Å². The van der Waals surface area contributed by atoms with Gasteiger partial charge >= 0.3 is 6.09 Å². The Balaban J connectivity index is 2.21. The number of quaternary nitrogens is 1. The number of carbonyl (C=O) groups is 2. The van der Waals surface area contributed by atoms with Crippen molar-refractivity contribution in [2.75, 3.05) is 26.2 Å². The molecule has 92 valence electrons. The van der Waals surface area contributed by atoms with Gasteiger partial charge in [0.05, 0.1) is 19.7 Å². The first kappa shape index (κ1) is 13.0. The van der Waals surface area contributed by atoms with Gasteiger partial charge in [-0.3, -0.25) is 10.1 Å². The average molecular weight is 229 g/mol. The zero-order chi connectivity index (χ0) is 12.0. The third-order valence-corrected chi connectivity index (χ3v) is 2.91. The molecule has 0 unspecified atom stereocenters. The molecule has 1 rings (SSSR count). The van der Waals surface area contributed by atoms with E-state index in [1.807, 2.05) is 0 Å². The van der Waals surface area contributed by atoms with Crippen molar-refractivity contribution in [1.82, 2.24) is 5.32 Å². The number of hydrogen-bond acceptors (Lipinski definition) is 3. The maximum atomic E-state index is 11.4. The molecule has 1 saturated heterocycles. The Bertz CT molecular complexity index is 248. The third-order valence-electron chi connectivity index (χ3n) is 2.91. The summed E-state index contributed by atoms with van der Waals surface area (Å²) in [6.07, 6.45) is 1.67. The van der Waals surface area contributed by atoms with Gasteiger partial charge in [-0.2, -0.15) is 0 Å². The van der Waals surface area contributed by atoms with Crippen molar-refractivity contribution in [2.24, 2.45) is 5.92 Å². The Morgan fingerprint density at radius 3 is 2.56 bits per heavy atom. The lowest BCUT2D eigenvalue weighted by atomic mass is 9.99. The molecule has 0 saturated carbocycles. The number of likely N-dealkylation sites (tertiary alicyclic amines) is 1. The van der Waals surface area contributed by atoms with Crippen LogP contribution >= 0.6 is 0 Å². The summed E-state index contributed by atoms with van der Waals surface area (Å²) in [5.74, 6) is 0.514. The third kappa shape index (κ3) is 4.61. The molecular weight excluding hydrogens is 208 g/mol. The summed E-state index contributed by atoms with van der Waals surface area (Å²) >= 11 is 0. The highest BCUT2D eigenvalue weighted by Gasteiger charge is 2.22. The molecule has 0 aliphatic carbocycles. The van der Waals surface area contributed by atoms with Crippen LogP contribution in [0.2, 0.25) is 0 Å². The highest BCUT2D eigenvalue weighted by molar-refractivity contribution is 5.92. The summed E-state index contributed by atoms with van der Waals surface area (Å²) in [6, 6.07) is 0. The average Bonchev–Trinajstić information content (AvgIpc) is 2.21. The van der Waals surface area contributed by atoms with Gasteiger partial charge in [0.25, 0.3) is 5.91 Å². The quantitative estimate of drug-likeness (QED) is 0.690. The molecule has 1 heterocycles. The second kappa shape index (κ2) is 6.48. The van der Waals surface area contributed by atoms with E-state index in [-0.39, 0.29) is 12.5 Å². The van der Waals surface area contributed by atoms with Gasteiger partial charge in [-0.15, -0.1) is 0 Å². The van der Waals surface area contributed by atoms with Gasteiger partial charge in [0.15, 0.2) is 6.54 Å². The topological polar surface area (TPSA) is 59.8 Å². The highest BCUT2D eigenvalue weighted by atomic mass is 16.5. The van der Waals surface area contributed by atoms with Gasteiger partial charge in [-0.25, -0.2) is 4.79 Å². The summed E-state index contributed by atoms with van der Waals surface area (Å²) in [4.78, 5) is 23.7. The minimum atomic E-state index is -0.641. The van der Waals surface area contributed by atoms with Crippen LogP contribution in [0.3, 0.4) is 0 Å². The van der Waals surface area contributed by atoms with Crippen LogP contribution in [-0.2, 0) is 9.53 Å². The van der Waals surface area contributed by atoms with Gasteiger partial charge in [-0.05, 0) is 25.7 Å². The maximum Gasteiger partial charge on any atom is 0.414 e. The predicted molar refractivity (Wildman–Crippen MR) is 59.1 cm³/mol. The molecule has 16 heavy (non-hydrogen) atoms. The fourth-order valence-corrected chi connectivity index (χ4v) is 1.90. The smallest absolute Gasteiger partial charge is 0.414 e. The molecule has 2 amide bonds. The maximum absolute atomic E-state index is 11.4. The fraction of sp³-hybridized carbons (Fsp3) is 0.818. The Hall–Kier alpha value is -1.10. The van der Waals surface area contributed by atoms with Crippen LogP contribution in [-0.4, -0.2) is 38.2 Å². The number of carbonyl (C=O) groups excluding carboxylic acids is 2. The van der Waals surface area contributed by atoms with Crippen LogP contribution in [0.4, 0.5) is 4.79 Å². The molecule has 0 atom stereocenters. The summed E-state index contributed by atoms with van der Waals surface area (Å²) in [7, 11) is 0. The van der Waals surface area contributed by atoms with Gasteiger partial charge in [-0.1, -0.05) is 6.92 Å². The zero-order valence-electron chi connectivity index (χ0n) is 10.0. The van der Waals surface area contributed by atoms with Crippen LogP contribution < -0.4 is 10.2 Å². The minimum absolute atomic E-state index is 0.247. The number of ether oxygens (including phenoxy) is 1. The molecule has 0 radical (unpaired) electrons. The molecule has 5 nitrogen and oxygen atoms in total. The first-order valence-electron chi connectivity index (χ1n) is 5.92. The molecule has 2 N–H and O–H groups in total. The molecule has 5 heteroatoms. The van der Waals surface area contributed by atoms with Crippen molar-refractivity contribution < 1.29 is 19.2 Å². The van der Waals surface area contributed by atoms with Crippen LogP contribution in [0.1, 0.15) is 26.7 Å². The molecule has 1 fully saturated rings. The SMILES string of the molecule is CCOC(=O)NC(=O)C[NH+]1CCC(C)CC1. The van der Waals surface area contributed by atoms with Crippen LogP contribution in [0.5, 0.6) is 0 Å². The first-order chi connectivity index (χ1) is 7.61. The molecule has 0 aromatic carbocycles. The standard InChI is InChI=1S/C11H20N2O3/c1-3-16-11(15)12-10(14)8-13-6-4-9(2)5-7-13/h9H,3-8H2,1-2H3,(H,12,14,15)/p+1. The van der Waals surface area contributed by atoms with E-state index in [9.17, 15) is 9.59 Å². The van der Waals surface area contributed by atoms with E-state index in [2.05, 4.69) is 17.0 Å². The monoisotopic (exact) mass is 229 g/mol. The van der Waals surface area contributed by atoms with Crippen molar-refractivity contribution in [1.29, 1.82) is 0 Å². The predicted octanol–water partition coefficient (Wildman–Crippen LogP) is -0.426. The van der Waals surface area contributed by atoms with Gasteiger partial charge in [0.1, 0.15) is 0 Å². The van der Waals surface area contributed by atoms with E-state index in [0.717, 1.165) is 31.8 Å². The van der Waals surface area contributed by atoms with Crippen molar-refractivity contribution in [3.05, 3.63) is 0 Å². The Kier molecular flexibility index (Phi) is 5.25. The van der Waals surface area contributed by atoms with Gasteiger partial charge in [0, 0.05) is 0 Å². The number of piperidine rings is 1. The summed E-state index contributed by atoms with van der Waals surface area (Å²) in [6.45, 7) is 6.62. The molecular formula is C11H21N2O3+. The molecule has 0 aromatic rings. The lowest BCUT2D eigenvalue weighted by Crippen LogP contribution is -3.14. The second-order valence-electron chi connectivity index (χ2n) is 4.38. The Morgan fingerprint density at radius 1 is 1.38 bits per heavy atom. The number of alkyl carbamates (subject to hydrolysis) is 1. The normalized spacial score (nSPS) is 24.9. The molecule has 0 bridgehead atoms. The van der Waals surface area contributed by atoms with Crippen molar-refractivity contribution in [2.45, 2.75) is 26.7 Å². The molecule has 1 aliphatic rings. The fourth-order valence-electron chi connectivity index (χ4n) is 1.90. The lowest BCUT2D eigenvalue weighted by molar-refractivity contribution is -0.898. The first-order valence-corrected chi connectivity index (χ1v) is 5.92. The Labute approximate surface area is 96.1 Å². The van der Waals surface area contributed by atoms with E-state index in [4.69, 9.17) is 0 Å². The minimum Gasteiger partial charge on any atom is -0.450 e. The van der Waals surface area contributed by atoms with Crippen LogP contribution in [0.25, 0.3) is 0 Å². The van der Waals surface area contributed by atoms with E-state index in [1.54, 1.807) is 6.92 Å². The van der Waals surface area contributed by atoms with E-state index in [0.29, 0.717) is 6.54 Å². The van der Waals surface area contributed by atoms with Crippen LogP contribution in [0, 0.1) is 5.92 Å². The van der Waals surface area contributed by atoms with Crippen molar-refractivity contribution >= 4 is 12.0 Å². The largest absolute Gasteiger partial charge is 0.450 e. The Morgan fingerprint density at radius 2 is 2.00 bits per heavy atom. The van der Waals surface area contributed by atoms with E-state index < -0.39 is 6.09 Å². The summed E-state index contributed by atoms with van der Waals surface area (Å²) in [5, 5.41) is 2.22. The van der Waals surface area contributed by atoms with Crippen LogP contribution in [0.15, 0.2) is 0 Å². The van der Waals surface area contributed by atoms with Gasteiger partial charge in [0.2, 0.25) is 0 Å². The van der Waals surface area contributed by atoms with Gasteiger partial charge < -0.3 is 9.64 Å². The molecule has 0 aromatic heterocycles. The highest BCUT2D eigenvalue weighted by Crippen LogP contribution is 2.06. The molecule has 0 spiro atoms. The second-order valence-corrected chi connectivity index (χ2v) is 4.38. The number of rotatable bonds is 3. The number of amides is 2.